The van der Waals surface area contributed by atoms with Crippen molar-refractivity contribution in [3.05, 3.63) is 241 Å². The molecule has 8 aromatic carbocycles. The van der Waals surface area contributed by atoms with Crippen molar-refractivity contribution in [1.29, 1.82) is 0 Å². The smallest absolute Gasteiger partial charge is 0.160 e. The van der Waals surface area contributed by atoms with Gasteiger partial charge < -0.3 is 0 Å². The predicted octanol–water partition coefficient (Wildman–Crippen LogP) is 13.7. The second-order valence-corrected chi connectivity index (χ2v) is 15.2. The summed E-state index contributed by atoms with van der Waals surface area (Å²) in [6.45, 7) is 0. The summed E-state index contributed by atoms with van der Waals surface area (Å²) in [6, 6.07) is 78.2. The van der Waals surface area contributed by atoms with Crippen LogP contribution in [-0.4, -0.2) is 9.97 Å². The highest BCUT2D eigenvalue weighted by Gasteiger charge is 2.44. The Kier molecular flexibility index (Phi) is 8.70. The van der Waals surface area contributed by atoms with Crippen LogP contribution in [0.25, 0.3) is 56.2 Å². The van der Waals surface area contributed by atoms with Gasteiger partial charge in [0.2, 0.25) is 0 Å². The SMILES string of the molecule is c1ccc(-c2cc(-c3ccccc3)nc(-c3cccc(-c4cccc(-c5ccc6c(c5)C(c5ccccc5)(c5ccccc5)c5ccccc5S6)c4)c3)n2)cc1. The van der Waals surface area contributed by atoms with Crippen LogP contribution >= 0.6 is 11.8 Å². The van der Waals surface area contributed by atoms with Crippen molar-refractivity contribution in [2.45, 2.75) is 15.2 Å². The number of fused-ring (bicyclic) bond motifs is 2. The van der Waals surface area contributed by atoms with Crippen LogP contribution in [0.4, 0.5) is 0 Å². The van der Waals surface area contributed by atoms with Crippen molar-refractivity contribution in [2.24, 2.45) is 0 Å². The van der Waals surface area contributed by atoms with Gasteiger partial charge in [-0.1, -0.05) is 194 Å². The van der Waals surface area contributed by atoms with E-state index in [1.807, 2.05) is 23.9 Å². The molecule has 0 saturated carbocycles. The molecule has 2 nitrogen and oxygen atoms in total. The zero-order valence-corrected chi connectivity index (χ0v) is 31.4. The summed E-state index contributed by atoms with van der Waals surface area (Å²) >= 11 is 1.86. The van der Waals surface area contributed by atoms with Crippen LogP contribution in [0, 0.1) is 0 Å². The molecule has 0 fully saturated rings. The molecule has 0 bridgehead atoms. The monoisotopic (exact) mass is 732 g/mol. The van der Waals surface area contributed by atoms with Crippen LogP contribution in [0.15, 0.2) is 228 Å². The topological polar surface area (TPSA) is 25.8 Å². The molecule has 9 aromatic rings. The first-order chi connectivity index (χ1) is 27.7. The molecule has 1 aliphatic rings. The Morgan fingerprint density at radius 2 is 0.732 bits per heavy atom. The van der Waals surface area contributed by atoms with Crippen molar-refractivity contribution in [3.63, 3.8) is 0 Å². The van der Waals surface area contributed by atoms with E-state index in [4.69, 9.17) is 9.97 Å². The molecule has 3 heteroatoms. The zero-order chi connectivity index (χ0) is 37.3. The summed E-state index contributed by atoms with van der Waals surface area (Å²) in [6.07, 6.45) is 0. The van der Waals surface area contributed by atoms with Crippen molar-refractivity contribution < 1.29 is 0 Å². The molecule has 0 spiro atoms. The summed E-state index contributed by atoms with van der Waals surface area (Å²) < 4.78 is 0. The molecule has 2 heterocycles. The maximum absolute atomic E-state index is 5.11. The third kappa shape index (κ3) is 6.03. The molecule has 0 aliphatic carbocycles. The van der Waals surface area contributed by atoms with E-state index in [0.29, 0.717) is 5.82 Å². The largest absolute Gasteiger partial charge is 0.228 e. The summed E-state index contributed by atoms with van der Waals surface area (Å²) in [5.41, 5.74) is 14.2. The minimum absolute atomic E-state index is 0.478. The quantitative estimate of drug-likeness (QED) is 0.163. The highest BCUT2D eigenvalue weighted by Crippen LogP contribution is 2.56. The lowest BCUT2D eigenvalue weighted by molar-refractivity contribution is 0.703. The van der Waals surface area contributed by atoms with Gasteiger partial charge in [-0.25, -0.2) is 9.97 Å². The number of aromatic nitrogens is 2. The molecule has 0 saturated heterocycles. The lowest BCUT2D eigenvalue weighted by Crippen LogP contribution is -2.34. The van der Waals surface area contributed by atoms with Crippen molar-refractivity contribution in [2.75, 3.05) is 0 Å². The van der Waals surface area contributed by atoms with E-state index in [9.17, 15) is 0 Å². The highest BCUT2D eigenvalue weighted by atomic mass is 32.2. The Bertz CT molecular complexity index is 2720. The lowest BCUT2D eigenvalue weighted by Gasteiger charge is -2.42. The van der Waals surface area contributed by atoms with E-state index in [1.165, 1.54) is 43.2 Å². The second kappa shape index (κ2) is 14.4. The van der Waals surface area contributed by atoms with Gasteiger partial charge in [0, 0.05) is 26.5 Å². The molecule has 10 rings (SSSR count). The zero-order valence-electron chi connectivity index (χ0n) is 30.6. The van der Waals surface area contributed by atoms with Gasteiger partial charge in [-0.15, -0.1) is 0 Å². The van der Waals surface area contributed by atoms with Crippen LogP contribution < -0.4 is 0 Å². The number of rotatable bonds is 7. The van der Waals surface area contributed by atoms with Crippen molar-refractivity contribution >= 4 is 11.8 Å². The molecular formula is C53H36N2S. The first-order valence-electron chi connectivity index (χ1n) is 19.0. The Morgan fingerprint density at radius 1 is 0.304 bits per heavy atom. The molecule has 0 radical (unpaired) electrons. The number of benzene rings is 8. The summed E-state index contributed by atoms with van der Waals surface area (Å²) in [5.74, 6) is 0.703. The fraction of sp³-hybridized carbons (Fsp3) is 0.0189. The molecule has 0 atom stereocenters. The van der Waals surface area contributed by atoms with Gasteiger partial charge in [0.1, 0.15) is 0 Å². The standard InChI is InChI=1S/C53H36N2S/c1-5-17-37(18-6-1)48-36-49(38-19-7-2-8-20-38)55-52(54-48)43-24-16-23-41(34-43)39-21-15-22-40(33-39)42-31-32-51-47(35-42)53(44-25-9-3-10-26-44,45-27-11-4-12-28-45)46-29-13-14-30-50(46)56-51/h1-36H. The first-order valence-corrected chi connectivity index (χ1v) is 19.8. The van der Waals surface area contributed by atoms with Gasteiger partial charge in [0.25, 0.3) is 0 Å². The third-order valence-electron chi connectivity index (χ3n) is 10.8. The second-order valence-electron chi connectivity index (χ2n) is 14.1. The Morgan fingerprint density at radius 3 is 1.30 bits per heavy atom. The maximum atomic E-state index is 5.11. The highest BCUT2D eigenvalue weighted by molar-refractivity contribution is 7.99. The van der Waals surface area contributed by atoms with E-state index >= 15 is 0 Å². The van der Waals surface area contributed by atoms with Crippen LogP contribution in [0.3, 0.4) is 0 Å². The average molecular weight is 733 g/mol. The van der Waals surface area contributed by atoms with Crippen LogP contribution in [0.5, 0.6) is 0 Å². The summed E-state index contributed by atoms with van der Waals surface area (Å²) in [7, 11) is 0. The summed E-state index contributed by atoms with van der Waals surface area (Å²) in [5, 5.41) is 0. The van der Waals surface area contributed by atoms with Crippen molar-refractivity contribution in [3.8, 4) is 56.2 Å². The lowest BCUT2D eigenvalue weighted by atomic mass is 9.64. The minimum Gasteiger partial charge on any atom is -0.228 e. The van der Waals surface area contributed by atoms with E-state index in [0.717, 1.165) is 39.2 Å². The Balaban J connectivity index is 1.08. The van der Waals surface area contributed by atoms with Gasteiger partial charge in [-0.05, 0) is 80.9 Å². The molecule has 0 unspecified atom stereocenters. The van der Waals surface area contributed by atoms with Crippen LogP contribution in [-0.2, 0) is 5.41 Å². The number of nitrogens with zero attached hydrogens (tertiary/aromatic N) is 2. The minimum atomic E-state index is -0.478. The summed E-state index contributed by atoms with van der Waals surface area (Å²) in [4.78, 5) is 12.8. The fourth-order valence-electron chi connectivity index (χ4n) is 8.19. The number of hydrogen-bond donors (Lipinski definition) is 0. The van der Waals surface area contributed by atoms with Crippen molar-refractivity contribution in [1.82, 2.24) is 9.97 Å². The molecule has 0 N–H and O–H groups in total. The molecule has 0 amide bonds. The van der Waals surface area contributed by atoms with E-state index < -0.39 is 5.41 Å². The van der Waals surface area contributed by atoms with Crippen LogP contribution in [0.1, 0.15) is 22.3 Å². The van der Waals surface area contributed by atoms with Gasteiger partial charge in [0.05, 0.1) is 16.8 Å². The first kappa shape index (κ1) is 33.7. The molecular weight excluding hydrogens is 697 g/mol. The maximum Gasteiger partial charge on any atom is 0.160 e. The Hall–Kier alpha value is -6.81. The van der Waals surface area contributed by atoms with E-state index in [2.05, 4.69) is 206 Å². The Labute approximate surface area is 332 Å². The molecule has 264 valence electrons. The molecule has 1 aromatic heterocycles. The number of hydrogen-bond acceptors (Lipinski definition) is 3. The molecule has 56 heavy (non-hydrogen) atoms. The van der Waals surface area contributed by atoms with Gasteiger partial charge in [-0.3, -0.25) is 0 Å². The predicted molar refractivity (Wildman–Crippen MR) is 232 cm³/mol. The van der Waals surface area contributed by atoms with E-state index in [-0.39, 0.29) is 0 Å². The van der Waals surface area contributed by atoms with E-state index in [1.54, 1.807) is 0 Å². The fourth-order valence-corrected chi connectivity index (χ4v) is 9.36. The van der Waals surface area contributed by atoms with Crippen LogP contribution in [0.2, 0.25) is 0 Å². The van der Waals surface area contributed by atoms with Gasteiger partial charge >= 0.3 is 0 Å². The third-order valence-corrected chi connectivity index (χ3v) is 12.0. The van der Waals surface area contributed by atoms with Gasteiger partial charge in [-0.2, -0.15) is 0 Å². The van der Waals surface area contributed by atoms with Gasteiger partial charge in [0.15, 0.2) is 5.82 Å². The average Bonchev–Trinajstić information content (AvgIpc) is 3.29. The molecule has 1 aliphatic heterocycles. The normalized spacial score (nSPS) is 12.7.